The van der Waals surface area contributed by atoms with Gasteiger partial charge in [-0.2, -0.15) is 0 Å². The van der Waals surface area contributed by atoms with Crippen LogP contribution in [0, 0.1) is 5.92 Å². The lowest BCUT2D eigenvalue weighted by Gasteiger charge is -2.49. The van der Waals surface area contributed by atoms with Gasteiger partial charge in [-0.05, 0) is 37.3 Å². The number of methoxy groups -OCH3 is 1. The third-order valence-corrected chi connectivity index (χ3v) is 5.42. The summed E-state index contributed by atoms with van der Waals surface area (Å²) in [7, 11) is 1.36. The number of aliphatic hydroxyl groups is 1. The standard InChI is InChI=1S/C19H28N2O4/c1-13(2)16-10-15(22)11-19(25-16)6-8-21(9-7-19)17-5-4-14(12-20-17)18(23)24-3/h4-5,12-13,15-16,22H,6-11H2,1-3H3/t15-,16-/m1/s1. The van der Waals surface area contributed by atoms with Crippen molar-refractivity contribution in [1.82, 2.24) is 4.98 Å². The van der Waals surface area contributed by atoms with Crippen molar-refractivity contribution < 1.29 is 19.4 Å². The van der Waals surface area contributed by atoms with E-state index in [1.807, 2.05) is 6.07 Å². The van der Waals surface area contributed by atoms with Crippen LogP contribution in [-0.4, -0.2) is 54.1 Å². The van der Waals surface area contributed by atoms with Gasteiger partial charge < -0.3 is 19.5 Å². The molecule has 0 amide bonds. The lowest BCUT2D eigenvalue weighted by molar-refractivity contribution is -0.183. The van der Waals surface area contributed by atoms with Crippen molar-refractivity contribution in [1.29, 1.82) is 0 Å². The first-order valence-corrected chi connectivity index (χ1v) is 9.08. The molecule has 2 saturated heterocycles. The summed E-state index contributed by atoms with van der Waals surface area (Å²) in [5.41, 5.74) is 0.243. The van der Waals surface area contributed by atoms with E-state index in [9.17, 15) is 9.90 Å². The SMILES string of the molecule is COC(=O)c1ccc(N2CCC3(CC2)C[C@H](O)C[C@H](C(C)C)O3)nc1. The van der Waals surface area contributed by atoms with E-state index in [1.54, 1.807) is 12.3 Å². The van der Waals surface area contributed by atoms with Gasteiger partial charge in [-0.25, -0.2) is 9.78 Å². The zero-order valence-corrected chi connectivity index (χ0v) is 15.3. The van der Waals surface area contributed by atoms with Gasteiger partial charge in [0.25, 0.3) is 0 Å². The first-order valence-electron chi connectivity index (χ1n) is 9.08. The molecule has 1 aromatic rings. The van der Waals surface area contributed by atoms with Gasteiger partial charge in [-0.1, -0.05) is 13.8 Å². The average molecular weight is 348 g/mol. The number of piperidine rings is 1. The van der Waals surface area contributed by atoms with Crippen LogP contribution in [0.25, 0.3) is 0 Å². The smallest absolute Gasteiger partial charge is 0.339 e. The minimum atomic E-state index is -0.374. The number of carbonyl (C=O) groups excluding carboxylic acids is 1. The lowest BCUT2D eigenvalue weighted by atomic mass is 9.80. The monoisotopic (exact) mass is 348 g/mol. The van der Waals surface area contributed by atoms with E-state index in [2.05, 4.69) is 23.7 Å². The number of aliphatic hydroxyl groups excluding tert-OH is 1. The Kier molecular flexibility index (Phi) is 5.29. The number of ether oxygens (including phenoxy) is 2. The van der Waals surface area contributed by atoms with Crippen LogP contribution in [0.5, 0.6) is 0 Å². The second-order valence-electron chi connectivity index (χ2n) is 7.56. The molecule has 1 N–H and O–H groups in total. The molecule has 0 unspecified atom stereocenters. The lowest BCUT2D eigenvalue weighted by Crippen LogP contribution is -2.53. The maximum atomic E-state index is 11.5. The van der Waals surface area contributed by atoms with Crippen LogP contribution in [-0.2, 0) is 9.47 Å². The third-order valence-electron chi connectivity index (χ3n) is 5.42. The number of aromatic nitrogens is 1. The number of rotatable bonds is 3. The summed E-state index contributed by atoms with van der Waals surface area (Å²) >= 11 is 0. The van der Waals surface area contributed by atoms with Gasteiger partial charge in [0.1, 0.15) is 5.82 Å². The van der Waals surface area contributed by atoms with Crippen LogP contribution in [0.4, 0.5) is 5.82 Å². The zero-order chi connectivity index (χ0) is 18.0. The summed E-state index contributed by atoms with van der Waals surface area (Å²) in [6.07, 6.45) is 4.64. The van der Waals surface area contributed by atoms with Crippen LogP contribution < -0.4 is 4.90 Å². The molecule has 25 heavy (non-hydrogen) atoms. The van der Waals surface area contributed by atoms with Gasteiger partial charge in [0, 0.05) is 25.7 Å². The van der Waals surface area contributed by atoms with Crippen molar-refractivity contribution in [3.05, 3.63) is 23.9 Å². The van der Waals surface area contributed by atoms with Gasteiger partial charge in [-0.3, -0.25) is 0 Å². The highest BCUT2D eigenvalue weighted by Gasteiger charge is 2.44. The molecule has 0 bridgehead atoms. The summed E-state index contributed by atoms with van der Waals surface area (Å²) in [4.78, 5) is 18.1. The first kappa shape index (κ1) is 18.1. The number of carbonyl (C=O) groups is 1. The molecule has 3 heterocycles. The molecule has 1 aromatic heterocycles. The summed E-state index contributed by atoms with van der Waals surface area (Å²) in [6, 6.07) is 3.60. The molecular formula is C19H28N2O4. The fourth-order valence-electron chi connectivity index (χ4n) is 3.88. The van der Waals surface area contributed by atoms with Crippen LogP contribution in [0.2, 0.25) is 0 Å². The molecule has 1 spiro atoms. The van der Waals surface area contributed by atoms with E-state index < -0.39 is 0 Å². The zero-order valence-electron chi connectivity index (χ0n) is 15.3. The molecule has 3 rings (SSSR count). The topological polar surface area (TPSA) is 71.9 Å². The molecule has 0 radical (unpaired) electrons. The number of hydrogen-bond acceptors (Lipinski definition) is 6. The first-order chi connectivity index (χ1) is 11.9. The molecule has 2 fully saturated rings. The minimum Gasteiger partial charge on any atom is -0.465 e. The van der Waals surface area contributed by atoms with Gasteiger partial charge in [0.2, 0.25) is 0 Å². The molecular weight excluding hydrogens is 320 g/mol. The Morgan fingerprint density at radius 2 is 2.12 bits per heavy atom. The number of esters is 1. The highest BCUT2D eigenvalue weighted by Crippen LogP contribution is 2.39. The highest BCUT2D eigenvalue weighted by molar-refractivity contribution is 5.89. The Hall–Kier alpha value is -1.66. The Morgan fingerprint density at radius 3 is 2.68 bits per heavy atom. The fourth-order valence-corrected chi connectivity index (χ4v) is 3.88. The van der Waals surface area contributed by atoms with Gasteiger partial charge in [0.05, 0.1) is 30.5 Å². The molecule has 138 valence electrons. The number of nitrogens with zero attached hydrogens (tertiary/aromatic N) is 2. The number of anilines is 1. The maximum Gasteiger partial charge on any atom is 0.339 e. The highest BCUT2D eigenvalue weighted by atomic mass is 16.5. The van der Waals surface area contributed by atoms with Crippen molar-refractivity contribution in [3.63, 3.8) is 0 Å². The Morgan fingerprint density at radius 1 is 1.40 bits per heavy atom. The van der Waals surface area contributed by atoms with Crippen molar-refractivity contribution in [2.45, 2.75) is 57.3 Å². The number of pyridine rings is 1. The van der Waals surface area contributed by atoms with E-state index in [1.165, 1.54) is 7.11 Å². The fraction of sp³-hybridized carbons (Fsp3) is 0.684. The predicted octanol–water partition coefficient (Wildman–Crippen LogP) is 2.40. The summed E-state index contributed by atoms with van der Waals surface area (Å²) in [5.74, 6) is 0.901. The summed E-state index contributed by atoms with van der Waals surface area (Å²) in [6.45, 7) is 5.97. The average Bonchev–Trinajstić information content (AvgIpc) is 2.61. The minimum absolute atomic E-state index is 0.132. The quantitative estimate of drug-likeness (QED) is 0.846. The summed E-state index contributed by atoms with van der Waals surface area (Å²) < 4.78 is 11.1. The van der Waals surface area contributed by atoms with E-state index in [4.69, 9.17) is 9.47 Å². The third kappa shape index (κ3) is 3.96. The summed E-state index contributed by atoms with van der Waals surface area (Å²) in [5, 5.41) is 10.3. The Balaban J connectivity index is 1.64. The second-order valence-corrected chi connectivity index (χ2v) is 7.56. The predicted molar refractivity (Wildman–Crippen MR) is 94.7 cm³/mol. The molecule has 0 aromatic carbocycles. The van der Waals surface area contributed by atoms with Crippen LogP contribution in [0.3, 0.4) is 0 Å². The molecule has 6 heteroatoms. The van der Waals surface area contributed by atoms with Crippen molar-refractivity contribution in [3.8, 4) is 0 Å². The van der Waals surface area contributed by atoms with Gasteiger partial charge in [-0.15, -0.1) is 0 Å². The van der Waals surface area contributed by atoms with Gasteiger partial charge >= 0.3 is 5.97 Å². The molecule has 0 aliphatic carbocycles. The molecule has 2 aliphatic heterocycles. The maximum absolute atomic E-state index is 11.5. The van der Waals surface area contributed by atoms with Crippen LogP contribution >= 0.6 is 0 Å². The van der Waals surface area contributed by atoms with Gasteiger partial charge in [0.15, 0.2) is 0 Å². The normalized spacial score (nSPS) is 26.0. The molecule has 6 nitrogen and oxygen atoms in total. The van der Waals surface area contributed by atoms with Crippen molar-refractivity contribution >= 4 is 11.8 Å². The van der Waals surface area contributed by atoms with Crippen LogP contribution in [0.1, 0.15) is 49.9 Å². The van der Waals surface area contributed by atoms with E-state index >= 15 is 0 Å². The molecule has 2 atom stereocenters. The van der Waals surface area contributed by atoms with E-state index in [0.29, 0.717) is 11.5 Å². The van der Waals surface area contributed by atoms with Crippen molar-refractivity contribution in [2.24, 2.45) is 5.92 Å². The largest absolute Gasteiger partial charge is 0.465 e. The van der Waals surface area contributed by atoms with Crippen LogP contribution in [0.15, 0.2) is 18.3 Å². The molecule has 0 saturated carbocycles. The van der Waals surface area contributed by atoms with E-state index in [-0.39, 0.29) is 23.8 Å². The van der Waals surface area contributed by atoms with Crippen molar-refractivity contribution in [2.75, 3.05) is 25.1 Å². The Labute approximate surface area is 149 Å². The van der Waals surface area contributed by atoms with E-state index in [0.717, 1.165) is 44.6 Å². The Bertz CT molecular complexity index is 594. The second kappa shape index (κ2) is 7.30. The molecule has 2 aliphatic rings. The number of hydrogen-bond donors (Lipinski definition) is 1.